The van der Waals surface area contributed by atoms with Gasteiger partial charge in [0.05, 0.1) is 37.9 Å². The molecule has 0 atom stereocenters. The number of nitrogens with zero attached hydrogens (tertiary/aromatic N) is 2. The molecular weight excluding hydrogens is 379 g/mol. The van der Waals surface area contributed by atoms with Gasteiger partial charge < -0.3 is 19.2 Å². The van der Waals surface area contributed by atoms with Crippen LogP contribution in [-0.2, 0) is 10.9 Å². The van der Waals surface area contributed by atoms with Crippen molar-refractivity contribution in [3.63, 3.8) is 0 Å². The second kappa shape index (κ2) is 7.59. The molecule has 0 fully saturated rings. The van der Waals surface area contributed by atoms with Gasteiger partial charge in [0.1, 0.15) is 0 Å². The van der Waals surface area contributed by atoms with E-state index in [4.69, 9.17) is 9.15 Å². The number of halogens is 3. The highest BCUT2D eigenvalue weighted by molar-refractivity contribution is 5.90. The Labute approximate surface area is 157 Å². The molecule has 0 saturated carbocycles. The summed E-state index contributed by atoms with van der Waals surface area (Å²) in [5.74, 6) is -0.183. The van der Waals surface area contributed by atoms with Crippen molar-refractivity contribution < 1.29 is 31.9 Å². The van der Waals surface area contributed by atoms with Crippen LogP contribution in [0.25, 0.3) is 11.3 Å². The summed E-state index contributed by atoms with van der Waals surface area (Å²) in [5, 5.41) is 2.84. The SMILES string of the molecule is COC(=O)c1ncc(Nc2ncc(-c3ccc(C(F)(F)F)cc3)o2)cc1OC. The minimum Gasteiger partial charge on any atom is -0.494 e. The van der Waals surface area contributed by atoms with E-state index in [2.05, 4.69) is 20.0 Å². The van der Waals surface area contributed by atoms with E-state index < -0.39 is 17.7 Å². The average molecular weight is 393 g/mol. The Morgan fingerprint density at radius 2 is 1.82 bits per heavy atom. The molecule has 146 valence electrons. The number of carbonyl (C=O) groups excluding carboxylic acids is 1. The number of benzene rings is 1. The Balaban J connectivity index is 1.79. The number of anilines is 2. The number of hydrogen-bond acceptors (Lipinski definition) is 7. The zero-order valence-corrected chi connectivity index (χ0v) is 14.7. The molecule has 1 N–H and O–H groups in total. The molecular formula is C18H14F3N3O4. The summed E-state index contributed by atoms with van der Waals surface area (Å²) in [7, 11) is 2.60. The predicted octanol–water partition coefficient (Wildman–Crippen LogP) is 4.29. The van der Waals surface area contributed by atoms with Gasteiger partial charge in [-0.05, 0) is 12.1 Å². The van der Waals surface area contributed by atoms with Crippen LogP contribution >= 0.6 is 0 Å². The third kappa shape index (κ3) is 4.05. The highest BCUT2D eigenvalue weighted by Crippen LogP contribution is 2.32. The summed E-state index contributed by atoms with van der Waals surface area (Å²) in [4.78, 5) is 19.6. The molecule has 0 bridgehead atoms. The molecule has 2 heterocycles. The topological polar surface area (TPSA) is 86.5 Å². The number of rotatable bonds is 5. The van der Waals surface area contributed by atoms with Crippen molar-refractivity contribution in [3.8, 4) is 17.1 Å². The fourth-order valence-corrected chi connectivity index (χ4v) is 2.33. The first-order chi connectivity index (χ1) is 13.3. The van der Waals surface area contributed by atoms with Crippen LogP contribution in [0, 0.1) is 0 Å². The Morgan fingerprint density at radius 3 is 2.43 bits per heavy atom. The van der Waals surface area contributed by atoms with E-state index in [0.717, 1.165) is 12.1 Å². The van der Waals surface area contributed by atoms with Gasteiger partial charge >= 0.3 is 12.1 Å². The van der Waals surface area contributed by atoms with Crippen molar-refractivity contribution in [3.05, 3.63) is 54.0 Å². The Bertz CT molecular complexity index is 984. The number of ether oxygens (including phenoxy) is 2. The first-order valence-electron chi connectivity index (χ1n) is 7.84. The fraction of sp³-hybridized carbons (Fsp3) is 0.167. The van der Waals surface area contributed by atoms with Crippen LogP contribution in [0.5, 0.6) is 5.75 Å². The van der Waals surface area contributed by atoms with Crippen LogP contribution in [0.2, 0.25) is 0 Å². The number of aromatic nitrogens is 2. The van der Waals surface area contributed by atoms with E-state index in [9.17, 15) is 18.0 Å². The van der Waals surface area contributed by atoms with Gasteiger partial charge in [-0.3, -0.25) is 0 Å². The van der Waals surface area contributed by atoms with Gasteiger partial charge in [0, 0.05) is 11.6 Å². The van der Waals surface area contributed by atoms with Crippen molar-refractivity contribution in [1.82, 2.24) is 9.97 Å². The number of hydrogen-bond donors (Lipinski definition) is 1. The maximum atomic E-state index is 12.6. The normalized spacial score (nSPS) is 11.2. The molecule has 28 heavy (non-hydrogen) atoms. The average Bonchev–Trinajstić information content (AvgIpc) is 3.15. The molecule has 10 heteroatoms. The first kappa shape index (κ1) is 19.2. The third-order valence-corrected chi connectivity index (χ3v) is 3.71. The lowest BCUT2D eigenvalue weighted by Crippen LogP contribution is -2.07. The van der Waals surface area contributed by atoms with E-state index >= 15 is 0 Å². The minimum atomic E-state index is -4.41. The predicted molar refractivity (Wildman–Crippen MR) is 92.4 cm³/mol. The maximum absolute atomic E-state index is 12.6. The van der Waals surface area contributed by atoms with Gasteiger partial charge in [-0.25, -0.2) is 14.8 Å². The van der Waals surface area contributed by atoms with Gasteiger partial charge in [0.15, 0.2) is 17.2 Å². The molecule has 0 amide bonds. The summed E-state index contributed by atoms with van der Waals surface area (Å²) in [5.41, 5.74) is 0.113. The van der Waals surface area contributed by atoms with E-state index in [1.54, 1.807) is 0 Å². The lowest BCUT2D eigenvalue weighted by molar-refractivity contribution is -0.137. The fourth-order valence-electron chi connectivity index (χ4n) is 2.33. The zero-order chi connectivity index (χ0) is 20.3. The molecule has 7 nitrogen and oxygen atoms in total. The summed E-state index contributed by atoms with van der Waals surface area (Å²) in [6.45, 7) is 0. The smallest absolute Gasteiger partial charge is 0.416 e. The number of methoxy groups -OCH3 is 2. The molecule has 0 aliphatic rings. The molecule has 0 radical (unpaired) electrons. The van der Waals surface area contributed by atoms with Crippen molar-refractivity contribution >= 4 is 17.7 Å². The van der Waals surface area contributed by atoms with Crippen molar-refractivity contribution in [2.75, 3.05) is 19.5 Å². The lowest BCUT2D eigenvalue weighted by Gasteiger charge is -2.08. The van der Waals surface area contributed by atoms with E-state index in [-0.39, 0.29) is 23.2 Å². The quantitative estimate of drug-likeness (QED) is 0.647. The maximum Gasteiger partial charge on any atom is 0.416 e. The number of oxazole rings is 1. The van der Waals surface area contributed by atoms with Crippen LogP contribution in [0.4, 0.5) is 24.9 Å². The Hall–Kier alpha value is -3.56. The van der Waals surface area contributed by atoms with Crippen LogP contribution in [0.1, 0.15) is 16.1 Å². The van der Waals surface area contributed by atoms with Gasteiger partial charge in [0.25, 0.3) is 6.01 Å². The minimum absolute atomic E-state index is 0.00778. The van der Waals surface area contributed by atoms with Crippen LogP contribution in [0.3, 0.4) is 0 Å². The van der Waals surface area contributed by atoms with Crippen LogP contribution in [0.15, 0.2) is 47.1 Å². The second-order valence-corrected chi connectivity index (χ2v) is 5.50. The Morgan fingerprint density at radius 1 is 1.11 bits per heavy atom. The summed E-state index contributed by atoms with van der Waals surface area (Å²) >= 11 is 0. The Kier molecular flexibility index (Phi) is 5.21. The number of pyridine rings is 1. The van der Waals surface area contributed by atoms with Gasteiger partial charge in [-0.2, -0.15) is 13.2 Å². The van der Waals surface area contributed by atoms with E-state index in [0.29, 0.717) is 11.3 Å². The number of esters is 1. The molecule has 2 aromatic heterocycles. The second-order valence-electron chi connectivity index (χ2n) is 5.50. The zero-order valence-electron chi connectivity index (χ0n) is 14.7. The van der Waals surface area contributed by atoms with Gasteiger partial charge in [-0.1, -0.05) is 12.1 Å². The van der Waals surface area contributed by atoms with Crippen LogP contribution < -0.4 is 10.1 Å². The molecule has 3 rings (SSSR count). The number of nitrogens with one attached hydrogen (secondary N) is 1. The van der Waals surface area contributed by atoms with Gasteiger partial charge in [-0.15, -0.1) is 0 Å². The highest BCUT2D eigenvalue weighted by atomic mass is 19.4. The van der Waals surface area contributed by atoms with E-state index in [1.165, 1.54) is 44.8 Å². The standard InChI is InChI=1S/C18H14F3N3O4/c1-26-13-7-12(8-22-15(13)16(25)27-2)24-17-23-9-14(28-17)10-3-5-11(6-4-10)18(19,20)21/h3-9H,1-2H3,(H,23,24). The summed E-state index contributed by atoms with van der Waals surface area (Å²) < 4.78 is 53.2. The molecule has 0 aliphatic heterocycles. The molecule has 0 unspecified atom stereocenters. The summed E-state index contributed by atoms with van der Waals surface area (Å²) in [6, 6.07) is 6.10. The van der Waals surface area contributed by atoms with Crippen LogP contribution in [-0.4, -0.2) is 30.2 Å². The monoisotopic (exact) mass is 393 g/mol. The molecule has 0 aliphatic carbocycles. The largest absolute Gasteiger partial charge is 0.494 e. The van der Waals surface area contributed by atoms with Crippen molar-refractivity contribution in [1.29, 1.82) is 0 Å². The number of alkyl halides is 3. The molecule has 0 spiro atoms. The summed E-state index contributed by atoms with van der Waals surface area (Å²) in [6.07, 6.45) is -1.68. The molecule has 3 aromatic rings. The molecule has 0 saturated heterocycles. The number of carbonyl (C=O) groups is 1. The third-order valence-electron chi connectivity index (χ3n) is 3.71. The van der Waals surface area contributed by atoms with Crippen molar-refractivity contribution in [2.24, 2.45) is 0 Å². The van der Waals surface area contributed by atoms with Crippen molar-refractivity contribution in [2.45, 2.75) is 6.18 Å². The first-order valence-corrected chi connectivity index (χ1v) is 7.84. The lowest BCUT2D eigenvalue weighted by atomic mass is 10.1. The van der Waals surface area contributed by atoms with E-state index in [1.807, 2.05) is 0 Å². The molecule has 1 aromatic carbocycles. The highest BCUT2D eigenvalue weighted by Gasteiger charge is 2.30. The van der Waals surface area contributed by atoms with Gasteiger partial charge in [0.2, 0.25) is 0 Å².